The van der Waals surface area contributed by atoms with Crippen LogP contribution in [0.2, 0.25) is 0 Å². The molecule has 11 nitrogen and oxygen atoms in total. The van der Waals surface area contributed by atoms with Crippen molar-refractivity contribution in [3.63, 3.8) is 0 Å². The molecule has 0 spiro atoms. The third-order valence-corrected chi connectivity index (χ3v) is 3.61. The summed E-state index contributed by atoms with van der Waals surface area (Å²) < 4.78 is 9.99. The summed E-state index contributed by atoms with van der Waals surface area (Å²) in [6.45, 7) is -2.16. The highest BCUT2D eigenvalue weighted by molar-refractivity contribution is 4.89. The second-order valence-electron chi connectivity index (χ2n) is 5.33. The summed E-state index contributed by atoms with van der Waals surface area (Å²) in [5.41, 5.74) is 0. The Balaban J connectivity index is 2.55. The largest absolute Gasteiger partial charge is 0.394 e. The molecule has 1 fully saturated rings. The number of hydrogen-bond donors (Lipinski definition) is 9. The molecule has 23 heavy (non-hydrogen) atoms. The summed E-state index contributed by atoms with van der Waals surface area (Å²) >= 11 is 0. The highest BCUT2D eigenvalue weighted by Crippen LogP contribution is 2.22. The van der Waals surface area contributed by atoms with E-state index in [4.69, 9.17) is 19.7 Å². The van der Waals surface area contributed by atoms with Gasteiger partial charge in [0, 0.05) is 0 Å². The Labute approximate surface area is 131 Å². The van der Waals surface area contributed by atoms with Gasteiger partial charge in [0.2, 0.25) is 0 Å². The maximum atomic E-state index is 9.70. The third kappa shape index (κ3) is 5.01. The van der Waals surface area contributed by atoms with Crippen molar-refractivity contribution < 1.29 is 55.4 Å². The molecule has 0 unspecified atom stereocenters. The van der Waals surface area contributed by atoms with Crippen molar-refractivity contribution in [2.45, 2.75) is 55.1 Å². The molecule has 0 aromatic carbocycles. The molecule has 1 aliphatic rings. The van der Waals surface area contributed by atoms with Crippen LogP contribution in [0.25, 0.3) is 0 Å². The number of aliphatic hydroxyl groups excluding tert-OH is 9. The average molecular weight is 344 g/mol. The molecular weight excluding hydrogens is 320 g/mol. The molecule has 1 aliphatic heterocycles. The lowest BCUT2D eigenvalue weighted by molar-refractivity contribution is -0.306. The van der Waals surface area contributed by atoms with Crippen LogP contribution >= 0.6 is 0 Å². The van der Waals surface area contributed by atoms with Crippen molar-refractivity contribution in [2.24, 2.45) is 0 Å². The molecule has 0 radical (unpaired) electrons. The van der Waals surface area contributed by atoms with Gasteiger partial charge in [0.15, 0.2) is 6.29 Å². The lowest BCUT2D eigenvalue weighted by Crippen LogP contribution is -2.59. The molecule has 0 bridgehead atoms. The summed E-state index contributed by atoms with van der Waals surface area (Å²) in [7, 11) is 0. The summed E-state index contributed by atoms with van der Waals surface area (Å²) in [5.74, 6) is 0. The van der Waals surface area contributed by atoms with Crippen LogP contribution in [0.4, 0.5) is 0 Å². The van der Waals surface area contributed by atoms with Gasteiger partial charge in [0.25, 0.3) is 0 Å². The second-order valence-corrected chi connectivity index (χ2v) is 5.33. The molecule has 0 aromatic heterocycles. The second kappa shape index (κ2) is 9.15. The van der Waals surface area contributed by atoms with E-state index in [1.807, 2.05) is 0 Å². The van der Waals surface area contributed by atoms with Gasteiger partial charge in [-0.2, -0.15) is 0 Å². The summed E-state index contributed by atoms with van der Waals surface area (Å²) in [6, 6.07) is 0. The Morgan fingerprint density at radius 2 is 1.39 bits per heavy atom. The van der Waals surface area contributed by atoms with Crippen LogP contribution in [0, 0.1) is 0 Å². The molecule has 0 aromatic rings. The van der Waals surface area contributed by atoms with Crippen molar-refractivity contribution in [1.82, 2.24) is 0 Å². The zero-order valence-electron chi connectivity index (χ0n) is 12.2. The Kier molecular flexibility index (Phi) is 8.20. The first kappa shape index (κ1) is 20.6. The van der Waals surface area contributed by atoms with E-state index >= 15 is 0 Å². The van der Waals surface area contributed by atoms with Gasteiger partial charge in [-0.1, -0.05) is 0 Å². The van der Waals surface area contributed by atoms with E-state index in [1.165, 1.54) is 0 Å². The van der Waals surface area contributed by atoms with Gasteiger partial charge in [-0.05, 0) is 0 Å². The van der Waals surface area contributed by atoms with E-state index in [0.717, 1.165) is 0 Å². The Bertz CT molecular complexity index is 341. The Morgan fingerprint density at radius 3 is 1.91 bits per heavy atom. The summed E-state index contributed by atoms with van der Waals surface area (Å²) in [5, 5.41) is 84.4. The van der Waals surface area contributed by atoms with Crippen molar-refractivity contribution in [1.29, 1.82) is 0 Å². The average Bonchev–Trinajstić information content (AvgIpc) is 2.56. The highest BCUT2D eigenvalue weighted by Gasteiger charge is 2.44. The van der Waals surface area contributed by atoms with Crippen LogP contribution in [0.5, 0.6) is 0 Å². The molecule has 0 amide bonds. The Morgan fingerprint density at radius 1 is 0.826 bits per heavy atom. The van der Waals surface area contributed by atoms with Gasteiger partial charge in [0.05, 0.1) is 19.8 Å². The SMILES string of the molecule is OC[C@@H](O)[C@@H](O)[C@H](O)[C@H](O)CO[C@@H]1O[C@H](CO)[C@@H](O)[C@H](O)[C@@H]1O. The summed E-state index contributed by atoms with van der Waals surface area (Å²) in [6.07, 6.45) is -14.7. The number of hydrogen-bond acceptors (Lipinski definition) is 11. The molecule has 9 N–H and O–H groups in total. The zero-order valence-corrected chi connectivity index (χ0v) is 12.2. The van der Waals surface area contributed by atoms with Gasteiger partial charge in [-0.25, -0.2) is 0 Å². The minimum atomic E-state index is -1.86. The molecule has 1 heterocycles. The quantitative estimate of drug-likeness (QED) is 0.203. The topological polar surface area (TPSA) is 201 Å². The normalized spacial score (nSPS) is 37.2. The minimum Gasteiger partial charge on any atom is -0.394 e. The monoisotopic (exact) mass is 344 g/mol. The van der Waals surface area contributed by atoms with Gasteiger partial charge in [0.1, 0.15) is 48.8 Å². The molecule has 1 saturated heterocycles. The standard InChI is InChI=1S/C12H24O11/c13-1-4(15)7(17)8(18)5(16)3-22-12-11(21)10(20)9(19)6(2-14)23-12/h4-21H,1-3H2/t4-,5-,6-,7-,8-,9-,10+,11+,12-/m1/s1. The zero-order chi connectivity index (χ0) is 17.7. The van der Waals surface area contributed by atoms with Crippen LogP contribution in [0.15, 0.2) is 0 Å². The van der Waals surface area contributed by atoms with E-state index in [0.29, 0.717) is 0 Å². The van der Waals surface area contributed by atoms with Crippen LogP contribution in [0.1, 0.15) is 0 Å². The first-order valence-electron chi connectivity index (χ1n) is 6.99. The van der Waals surface area contributed by atoms with Gasteiger partial charge in [-0.15, -0.1) is 0 Å². The number of rotatable bonds is 8. The predicted molar refractivity (Wildman–Crippen MR) is 70.8 cm³/mol. The molecule has 0 saturated carbocycles. The van der Waals surface area contributed by atoms with Crippen molar-refractivity contribution >= 4 is 0 Å². The van der Waals surface area contributed by atoms with Crippen LogP contribution in [-0.4, -0.2) is 121 Å². The maximum absolute atomic E-state index is 9.70. The van der Waals surface area contributed by atoms with E-state index in [9.17, 15) is 35.7 Å². The van der Waals surface area contributed by atoms with Crippen LogP contribution < -0.4 is 0 Å². The van der Waals surface area contributed by atoms with E-state index < -0.39 is 74.9 Å². The smallest absolute Gasteiger partial charge is 0.186 e. The van der Waals surface area contributed by atoms with Crippen molar-refractivity contribution in [3.05, 3.63) is 0 Å². The van der Waals surface area contributed by atoms with Crippen LogP contribution in [0.3, 0.4) is 0 Å². The van der Waals surface area contributed by atoms with Crippen LogP contribution in [-0.2, 0) is 9.47 Å². The molecule has 11 heteroatoms. The van der Waals surface area contributed by atoms with Gasteiger partial charge < -0.3 is 55.4 Å². The number of aliphatic hydroxyl groups is 9. The predicted octanol–water partition coefficient (Wildman–Crippen LogP) is -5.76. The third-order valence-electron chi connectivity index (χ3n) is 3.61. The summed E-state index contributed by atoms with van der Waals surface area (Å²) in [4.78, 5) is 0. The molecule has 1 rings (SSSR count). The van der Waals surface area contributed by atoms with E-state index in [2.05, 4.69) is 0 Å². The lowest BCUT2D eigenvalue weighted by Gasteiger charge is -2.40. The van der Waals surface area contributed by atoms with E-state index in [-0.39, 0.29) is 0 Å². The van der Waals surface area contributed by atoms with E-state index in [1.54, 1.807) is 0 Å². The first-order chi connectivity index (χ1) is 10.7. The highest BCUT2D eigenvalue weighted by atomic mass is 16.7. The molecule has 9 atom stereocenters. The fourth-order valence-corrected chi connectivity index (χ4v) is 2.06. The number of ether oxygens (including phenoxy) is 2. The molecule has 0 aliphatic carbocycles. The van der Waals surface area contributed by atoms with Gasteiger partial charge in [-0.3, -0.25) is 0 Å². The fourth-order valence-electron chi connectivity index (χ4n) is 2.06. The minimum absolute atomic E-state index is 0.655. The van der Waals surface area contributed by atoms with Crippen molar-refractivity contribution in [3.8, 4) is 0 Å². The van der Waals surface area contributed by atoms with Crippen molar-refractivity contribution in [2.75, 3.05) is 19.8 Å². The fraction of sp³-hybridized carbons (Fsp3) is 1.00. The molecular formula is C12H24O11. The maximum Gasteiger partial charge on any atom is 0.186 e. The lowest BCUT2D eigenvalue weighted by atomic mass is 9.99. The van der Waals surface area contributed by atoms with Gasteiger partial charge >= 0.3 is 0 Å². The first-order valence-corrected chi connectivity index (χ1v) is 6.99. The molecule has 138 valence electrons. The Hall–Kier alpha value is -0.440.